The van der Waals surface area contributed by atoms with Gasteiger partial charge in [0.05, 0.1) is 11.8 Å². The number of ether oxygens (including phenoxy) is 1. The van der Waals surface area contributed by atoms with E-state index in [2.05, 4.69) is 25.1 Å². The van der Waals surface area contributed by atoms with Gasteiger partial charge in [0.25, 0.3) is 16.1 Å². The SMILES string of the molecule is CC(C)N(C(=O)c1cc(F)ccc1Oc1cncnc1N1CC[C@@H](CN2CC3(CCN(S(=O)(=O)N4CCNCC4)CC3)C2)C1)C(C)C. The molecule has 6 rings (SSSR count). The molecule has 12 nitrogen and oxygen atoms in total. The molecule has 4 fully saturated rings. The monoisotopic (exact) mass is 672 g/mol. The molecule has 5 heterocycles. The normalized spacial score (nSPS) is 22.6. The number of hydrogen-bond acceptors (Lipinski definition) is 9. The largest absolute Gasteiger partial charge is 0.451 e. The van der Waals surface area contributed by atoms with E-state index in [4.69, 9.17) is 4.74 Å². The highest BCUT2D eigenvalue weighted by molar-refractivity contribution is 7.86. The minimum atomic E-state index is -3.38. The number of hydrogen-bond donors (Lipinski definition) is 1. The van der Waals surface area contributed by atoms with Crippen LogP contribution in [0, 0.1) is 17.2 Å². The average Bonchev–Trinajstić information content (AvgIpc) is 3.50. The second-order valence-electron chi connectivity index (χ2n) is 14.2. The smallest absolute Gasteiger partial charge is 0.282 e. The lowest BCUT2D eigenvalue weighted by Crippen LogP contribution is -2.62. The van der Waals surface area contributed by atoms with Crippen LogP contribution in [0.5, 0.6) is 11.5 Å². The predicted octanol–water partition coefficient (Wildman–Crippen LogP) is 3.04. The minimum absolute atomic E-state index is 0.0663. The third kappa shape index (κ3) is 7.26. The Labute approximate surface area is 278 Å². The highest BCUT2D eigenvalue weighted by atomic mass is 32.2. The molecular formula is C33H49FN8O4S. The van der Waals surface area contributed by atoms with Crippen molar-refractivity contribution in [3.8, 4) is 11.5 Å². The first-order chi connectivity index (χ1) is 22.5. The number of benzene rings is 1. The number of nitrogens with zero attached hydrogens (tertiary/aromatic N) is 7. The number of carbonyl (C=O) groups excluding carboxylic acids is 1. The Balaban J connectivity index is 1.05. The van der Waals surface area contributed by atoms with Gasteiger partial charge in [-0.3, -0.25) is 4.79 Å². The molecule has 0 radical (unpaired) electrons. The van der Waals surface area contributed by atoms with Crippen molar-refractivity contribution in [2.75, 3.05) is 76.9 Å². The second kappa shape index (κ2) is 13.9. The third-order valence-corrected chi connectivity index (χ3v) is 12.2. The molecule has 47 heavy (non-hydrogen) atoms. The van der Waals surface area contributed by atoms with Crippen molar-refractivity contribution in [3.63, 3.8) is 0 Å². The third-order valence-electron chi connectivity index (χ3n) is 10.1. The fourth-order valence-corrected chi connectivity index (χ4v) is 9.43. The maximum atomic E-state index is 14.4. The standard InChI is InChI=1S/C33H49FN8O4S/c1-24(2)42(25(3)4)32(43)28-17-27(34)5-6-29(28)46-30-18-36-23-37-31(30)39-12-7-26(20-39)19-38-21-33(22-38)8-13-40(14-9-33)47(44,45)41-15-10-35-11-16-41/h5-6,17-18,23-26,35H,7-16,19-22H2,1-4H3/t26-/m0/s1. The van der Waals surface area contributed by atoms with Crippen LogP contribution in [-0.2, 0) is 10.2 Å². The van der Waals surface area contributed by atoms with E-state index in [1.54, 1.807) is 19.7 Å². The molecule has 0 bridgehead atoms. The van der Waals surface area contributed by atoms with Gasteiger partial charge < -0.3 is 24.8 Å². The van der Waals surface area contributed by atoms with Crippen LogP contribution >= 0.6 is 0 Å². The van der Waals surface area contributed by atoms with Crippen molar-refractivity contribution in [2.45, 2.75) is 59.0 Å². The van der Waals surface area contributed by atoms with Gasteiger partial charge in [-0.2, -0.15) is 17.0 Å². The number of amides is 1. The molecule has 0 unspecified atom stereocenters. The minimum Gasteiger partial charge on any atom is -0.451 e. The summed E-state index contributed by atoms with van der Waals surface area (Å²) in [7, 11) is -3.38. The molecule has 1 amide bonds. The first kappa shape index (κ1) is 34.0. The summed E-state index contributed by atoms with van der Waals surface area (Å²) in [6.07, 6.45) is 5.94. The van der Waals surface area contributed by atoms with Gasteiger partial charge in [0, 0.05) is 84.1 Å². The average molecular weight is 673 g/mol. The summed E-state index contributed by atoms with van der Waals surface area (Å²) < 4.78 is 50.2. The van der Waals surface area contributed by atoms with Gasteiger partial charge in [0.1, 0.15) is 17.9 Å². The second-order valence-corrected chi connectivity index (χ2v) is 16.1. The first-order valence-electron chi connectivity index (χ1n) is 17.0. The number of nitrogens with one attached hydrogen (secondary N) is 1. The number of anilines is 1. The summed E-state index contributed by atoms with van der Waals surface area (Å²) >= 11 is 0. The zero-order valence-corrected chi connectivity index (χ0v) is 28.9. The number of halogens is 1. The van der Waals surface area contributed by atoms with Crippen molar-refractivity contribution < 1.29 is 22.3 Å². The highest BCUT2D eigenvalue weighted by Gasteiger charge is 2.47. The van der Waals surface area contributed by atoms with Gasteiger partial charge in [-0.05, 0) is 76.5 Å². The number of aromatic nitrogens is 2. The van der Waals surface area contributed by atoms with Gasteiger partial charge >= 0.3 is 0 Å². The summed E-state index contributed by atoms with van der Waals surface area (Å²) in [6, 6.07) is 3.90. The van der Waals surface area contributed by atoms with Crippen LogP contribution in [-0.4, -0.2) is 127 Å². The Bertz CT molecular complexity index is 1510. The van der Waals surface area contributed by atoms with Crippen molar-refractivity contribution >= 4 is 21.9 Å². The lowest BCUT2D eigenvalue weighted by Gasteiger charge is -2.54. The molecule has 258 valence electrons. The van der Waals surface area contributed by atoms with Gasteiger partial charge in [-0.1, -0.05) is 0 Å². The van der Waals surface area contributed by atoms with E-state index in [9.17, 15) is 17.6 Å². The van der Waals surface area contributed by atoms with Gasteiger partial charge in [-0.25, -0.2) is 14.4 Å². The molecule has 1 N–H and O–H groups in total. The lowest BCUT2D eigenvalue weighted by atomic mass is 9.72. The molecule has 14 heteroatoms. The summed E-state index contributed by atoms with van der Waals surface area (Å²) in [6.45, 7) is 16.1. The maximum Gasteiger partial charge on any atom is 0.282 e. The van der Waals surface area contributed by atoms with E-state index in [1.807, 2.05) is 27.7 Å². The first-order valence-corrected chi connectivity index (χ1v) is 18.4. The lowest BCUT2D eigenvalue weighted by molar-refractivity contribution is -0.0413. The van der Waals surface area contributed by atoms with Crippen molar-refractivity contribution in [1.82, 2.24) is 33.7 Å². The van der Waals surface area contributed by atoms with Crippen molar-refractivity contribution in [1.29, 1.82) is 0 Å². The van der Waals surface area contributed by atoms with E-state index in [-0.39, 0.29) is 34.7 Å². The fourth-order valence-electron chi connectivity index (χ4n) is 7.82. The van der Waals surface area contributed by atoms with Gasteiger partial charge in [0.2, 0.25) is 0 Å². The van der Waals surface area contributed by atoms with Crippen LogP contribution in [0.3, 0.4) is 0 Å². The van der Waals surface area contributed by atoms with Gasteiger partial charge in [0.15, 0.2) is 11.6 Å². The molecule has 1 atom stereocenters. The predicted molar refractivity (Wildman–Crippen MR) is 178 cm³/mol. The Hall–Kier alpha value is -2.91. The summed E-state index contributed by atoms with van der Waals surface area (Å²) in [5.74, 6) is 1.03. The Kier molecular flexibility index (Phi) is 10.1. The van der Waals surface area contributed by atoms with Crippen LogP contribution in [0.4, 0.5) is 10.2 Å². The molecule has 4 aliphatic rings. The zero-order valence-electron chi connectivity index (χ0n) is 28.1. The number of carbonyl (C=O) groups is 1. The molecular weight excluding hydrogens is 623 g/mol. The van der Waals surface area contributed by atoms with E-state index in [1.165, 1.54) is 24.5 Å². The molecule has 2 aromatic rings. The topological polar surface area (TPSA) is 114 Å². The number of likely N-dealkylation sites (tertiary alicyclic amines) is 1. The van der Waals surface area contributed by atoms with E-state index in [0.29, 0.717) is 56.8 Å². The van der Waals surface area contributed by atoms with Crippen LogP contribution < -0.4 is 15.0 Å². The molecule has 1 aromatic carbocycles. The fraction of sp³-hybridized carbons (Fsp3) is 0.667. The zero-order chi connectivity index (χ0) is 33.3. The van der Waals surface area contributed by atoms with Gasteiger partial charge in [-0.15, -0.1) is 0 Å². The molecule has 0 saturated carbocycles. The number of piperazine rings is 1. The van der Waals surface area contributed by atoms with E-state index < -0.39 is 16.0 Å². The molecule has 1 spiro atoms. The Morgan fingerprint density at radius 3 is 2.40 bits per heavy atom. The number of rotatable bonds is 10. The number of piperidine rings is 1. The van der Waals surface area contributed by atoms with Crippen LogP contribution in [0.1, 0.15) is 57.3 Å². The Morgan fingerprint density at radius 1 is 1.04 bits per heavy atom. The van der Waals surface area contributed by atoms with Crippen LogP contribution in [0.25, 0.3) is 0 Å². The molecule has 0 aliphatic carbocycles. The summed E-state index contributed by atoms with van der Waals surface area (Å²) in [5.41, 5.74) is 0.382. The quantitative estimate of drug-likeness (QED) is 0.407. The molecule has 4 aliphatic heterocycles. The maximum absolute atomic E-state index is 14.4. The van der Waals surface area contributed by atoms with Crippen LogP contribution in [0.2, 0.25) is 0 Å². The van der Waals surface area contributed by atoms with Crippen molar-refractivity contribution in [3.05, 3.63) is 42.1 Å². The molecule has 1 aromatic heterocycles. The highest BCUT2D eigenvalue weighted by Crippen LogP contribution is 2.42. The van der Waals surface area contributed by atoms with E-state index >= 15 is 0 Å². The molecule has 4 saturated heterocycles. The van der Waals surface area contributed by atoms with E-state index in [0.717, 1.165) is 52.0 Å². The summed E-state index contributed by atoms with van der Waals surface area (Å²) in [4.78, 5) is 28.7. The van der Waals surface area contributed by atoms with Crippen LogP contribution in [0.15, 0.2) is 30.7 Å². The summed E-state index contributed by atoms with van der Waals surface area (Å²) in [5, 5.41) is 3.23. The van der Waals surface area contributed by atoms with Crippen molar-refractivity contribution in [2.24, 2.45) is 11.3 Å². The Morgan fingerprint density at radius 2 is 1.72 bits per heavy atom.